The van der Waals surface area contributed by atoms with Gasteiger partial charge in [-0.15, -0.1) is 0 Å². The molecule has 0 aromatic carbocycles. The topological polar surface area (TPSA) is 89.0 Å². The number of nitrogen functional groups attached to an aromatic ring is 1. The average molecular weight is 215 g/mol. The van der Waals surface area contributed by atoms with E-state index < -0.39 is 5.97 Å². The van der Waals surface area contributed by atoms with Gasteiger partial charge in [-0.25, -0.2) is 9.78 Å². The van der Waals surface area contributed by atoms with Crippen molar-refractivity contribution in [2.45, 2.75) is 6.42 Å². The predicted octanol–water partition coefficient (Wildman–Crippen LogP) is 0.716. The summed E-state index contributed by atoms with van der Waals surface area (Å²) in [7, 11) is 1.28. The molecule has 0 atom stereocenters. The third-order valence-electron chi connectivity index (χ3n) is 1.73. The Morgan fingerprint density at radius 3 is 3.06 bits per heavy atom. The summed E-state index contributed by atoms with van der Waals surface area (Å²) in [6, 6.07) is 3.36. The van der Waals surface area contributed by atoms with Crippen molar-refractivity contribution in [3.8, 4) is 17.9 Å². The molecule has 0 bridgehead atoms. The molecular weight excluding hydrogens is 206 g/mol. The highest BCUT2D eigenvalue weighted by atomic mass is 16.5. The Hall–Kier alpha value is -2.53. The number of aromatic nitrogens is 1. The third-order valence-corrected chi connectivity index (χ3v) is 1.73. The maximum absolute atomic E-state index is 11.2. The Morgan fingerprint density at radius 1 is 1.69 bits per heavy atom. The van der Waals surface area contributed by atoms with Crippen molar-refractivity contribution in [2.24, 2.45) is 0 Å². The molecule has 5 nitrogen and oxygen atoms in total. The van der Waals surface area contributed by atoms with Crippen LogP contribution in [0.1, 0.15) is 22.3 Å². The number of methoxy groups -OCH3 is 1. The van der Waals surface area contributed by atoms with Gasteiger partial charge in [-0.3, -0.25) is 0 Å². The number of carbonyl (C=O) groups excluding carboxylic acids is 1. The van der Waals surface area contributed by atoms with Gasteiger partial charge in [0.2, 0.25) is 0 Å². The van der Waals surface area contributed by atoms with E-state index in [0.717, 1.165) is 0 Å². The zero-order chi connectivity index (χ0) is 12.0. The van der Waals surface area contributed by atoms with E-state index in [-0.39, 0.29) is 17.8 Å². The summed E-state index contributed by atoms with van der Waals surface area (Å²) in [5, 5.41) is 8.32. The summed E-state index contributed by atoms with van der Waals surface area (Å²) in [5.41, 5.74) is 6.26. The molecule has 2 N–H and O–H groups in total. The van der Waals surface area contributed by atoms with Gasteiger partial charge < -0.3 is 10.5 Å². The Labute approximate surface area is 92.8 Å². The fourth-order valence-corrected chi connectivity index (χ4v) is 0.984. The van der Waals surface area contributed by atoms with Crippen LogP contribution in [-0.4, -0.2) is 18.1 Å². The summed E-state index contributed by atoms with van der Waals surface area (Å²) in [5.74, 6) is 4.98. The molecular formula is C11H9N3O2. The molecule has 1 aromatic rings. The summed E-state index contributed by atoms with van der Waals surface area (Å²) in [4.78, 5) is 15.0. The normalized spacial score (nSPS) is 8.50. The van der Waals surface area contributed by atoms with Gasteiger partial charge >= 0.3 is 5.97 Å². The largest absolute Gasteiger partial charge is 0.465 e. The average Bonchev–Trinajstić information content (AvgIpc) is 2.31. The number of hydrogen-bond acceptors (Lipinski definition) is 5. The van der Waals surface area contributed by atoms with Crippen LogP contribution >= 0.6 is 0 Å². The number of nitrogens with two attached hydrogens (primary N) is 1. The molecule has 16 heavy (non-hydrogen) atoms. The standard InChI is InChI=1S/C11H9N3O2/c1-16-11(15)9-6-8(4-2-3-5-12)10(13)14-7-9/h6-7H,3H2,1H3,(H2,13,14). The second kappa shape index (κ2) is 5.38. The molecule has 1 aromatic heterocycles. The molecule has 0 fully saturated rings. The van der Waals surface area contributed by atoms with Gasteiger partial charge in [-0.1, -0.05) is 11.8 Å². The molecule has 5 heteroatoms. The minimum Gasteiger partial charge on any atom is -0.465 e. The van der Waals surface area contributed by atoms with Gasteiger partial charge in [0.1, 0.15) is 5.82 Å². The van der Waals surface area contributed by atoms with Crippen LogP contribution in [0.15, 0.2) is 12.3 Å². The van der Waals surface area contributed by atoms with E-state index in [2.05, 4.69) is 21.6 Å². The lowest BCUT2D eigenvalue weighted by atomic mass is 10.2. The van der Waals surface area contributed by atoms with Crippen molar-refractivity contribution >= 4 is 11.8 Å². The van der Waals surface area contributed by atoms with Crippen LogP contribution < -0.4 is 5.73 Å². The molecule has 0 aliphatic heterocycles. The molecule has 1 rings (SSSR count). The number of esters is 1. The Kier molecular flexibility index (Phi) is 3.88. The van der Waals surface area contributed by atoms with E-state index in [1.807, 2.05) is 6.07 Å². The quantitative estimate of drug-likeness (QED) is 0.550. The van der Waals surface area contributed by atoms with Gasteiger partial charge in [-0.2, -0.15) is 5.26 Å². The number of carbonyl (C=O) groups is 1. The summed E-state index contributed by atoms with van der Waals surface area (Å²) in [6.07, 6.45) is 1.42. The molecule has 0 amide bonds. The molecule has 0 saturated carbocycles. The minimum absolute atomic E-state index is 0.0991. The third kappa shape index (κ3) is 2.73. The van der Waals surface area contributed by atoms with Crippen molar-refractivity contribution in [3.63, 3.8) is 0 Å². The number of nitriles is 1. The maximum atomic E-state index is 11.2. The number of hydrogen-bond donors (Lipinski definition) is 1. The van der Waals surface area contributed by atoms with Crippen LogP contribution in [0, 0.1) is 23.2 Å². The van der Waals surface area contributed by atoms with Gasteiger partial charge in [-0.05, 0) is 6.07 Å². The lowest BCUT2D eigenvalue weighted by Gasteiger charge is -2.01. The van der Waals surface area contributed by atoms with Gasteiger partial charge in [0.25, 0.3) is 0 Å². The van der Waals surface area contributed by atoms with Crippen LogP contribution in [0.2, 0.25) is 0 Å². The van der Waals surface area contributed by atoms with Crippen LogP contribution in [0.25, 0.3) is 0 Å². The Morgan fingerprint density at radius 2 is 2.44 bits per heavy atom. The Bertz CT molecular complexity index is 506. The van der Waals surface area contributed by atoms with Crippen molar-refractivity contribution < 1.29 is 9.53 Å². The number of anilines is 1. The Balaban J connectivity index is 3.06. The zero-order valence-electron chi connectivity index (χ0n) is 8.65. The van der Waals surface area contributed by atoms with Crippen LogP contribution in [0.4, 0.5) is 5.82 Å². The molecule has 0 radical (unpaired) electrons. The first-order valence-corrected chi connectivity index (χ1v) is 4.38. The number of rotatable bonds is 1. The lowest BCUT2D eigenvalue weighted by molar-refractivity contribution is 0.0600. The molecule has 0 aliphatic carbocycles. The van der Waals surface area contributed by atoms with E-state index in [4.69, 9.17) is 11.0 Å². The zero-order valence-corrected chi connectivity index (χ0v) is 8.65. The van der Waals surface area contributed by atoms with Crippen LogP contribution in [0.5, 0.6) is 0 Å². The first kappa shape index (κ1) is 11.5. The maximum Gasteiger partial charge on any atom is 0.339 e. The predicted molar refractivity (Wildman–Crippen MR) is 57.1 cm³/mol. The highest BCUT2D eigenvalue weighted by molar-refractivity contribution is 5.89. The van der Waals surface area contributed by atoms with E-state index >= 15 is 0 Å². The van der Waals surface area contributed by atoms with Gasteiger partial charge in [0.15, 0.2) is 0 Å². The first-order chi connectivity index (χ1) is 7.69. The fraction of sp³-hybridized carbons (Fsp3) is 0.182. The molecule has 0 aliphatic rings. The first-order valence-electron chi connectivity index (χ1n) is 4.38. The number of nitrogens with zero attached hydrogens (tertiary/aromatic N) is 2. The van der Waals surface area contributed by atoms with Gasteiger partial charge in [0.05, 0.1) is 30.7 Å². The second-order valence-electron chi connectivity index (χ2n) is 2.79. The number of pyridine rings is 1. The monoisotopic (exact) mass is 215 g/mol. The summed E-state index contributed by atoms with van der Waals surface area (Å²) < 4.78 is 4.54. The van der Waals surface area contributed by atoms with Crippen molar-refractivity contribution in [1.29, 1.82) is 5.26 Å². The SMILES string of the molecule is COC(=O)c1cnc(N)c(C#CCC#N)c1. The molecule has 0 unspecified atom stereocenters. The number of ether oxygens (including phenoxy) is 1. The van der Waals surface area contributed by atoms with Crippen molar-refractivity contribution in [3.05, 3.63) is 23.4 Å². The fourth-order valence-electron chi connectivity index (χ4n) is 0.984. The smallest absolute Gasteiger partial charge is 0.339 e. The van der Waals surface area contributed by atoms with Crippen LogP contribution in [-0.2, 0) is 4.74 Å². The van der Waals surface area contributed by atoms with E-state index in [9.17, 15) is 4.79 Å². The minimum atomic E-state index is -0.504. The van der Waals surface area contributed by atoms with E-state index in [1.165, 1.54) is 19.4 Å². The molecule has 0 spiro atoms. The van der Waals surface area contributed by atoms with Crippen LogP contribution in [0.3, 0.4) is 0 Å². The highest BCUT2D eigenvalue weighted by Crippen LogP contribution is 2.10. The van der Waals surface area contributed by atoms with Crippen molar-refractivity contribution in [1.82, 2.24) is 4.98 Å². The van der Waals surface area contributed by atoms with Crippen molar-refractivity contribution in [2.75, 3.05) is 12.8 Å². The molecule has 1 heterocycles. The lowest BCUT2D eigenvalue weighted by Crippen LogP contribution is -2.04. The summed E-state index contributed by atoms with van der Waals surface area (Å²) >= 11 is 0. The summed E-state index contributed by atoms with van der Waals surface area (Å²) in [6.45, 7) is 0. The molecule has 80 valence electrons. The van der Waals surface area contributed by atoms with E-state index in [1.54, 1.807) is 0 Å². The second-order valence-corrected chi connectivity index (χ2v) is 2.79. The highest BCUT2D eigenvalue weighted by Gasteiger charge is 2.07. The van der Waals surface area contributed by atoms with Gasteiger partial charge in [0, 0.05) is 6.20 Å². The van der Waals surface area contributed by atoms with E-state index in [0.29, 0.717) is 5.56 Å². The molecule has 0 saturated heterocycles.